The third kappa shape index (κ3) is 4.01. The van der Waals surface area contributed by atoms with Gasteiger partial charge >= 0.3 is 0 Å². The summed E-state index contributed by atoms with van der Waals surface area (Å²) in [6.07, 6.45) is 3.95. The summed E-state index contributed by atoms with van der Waals surface area (Å²) in [6.45, 7) is 4.98. The first kappa shape index (κ1) is 16.4. The smallest absolute Gasteiger partial charge is 0.128 e. The second kappa shape index (κ2) is 6.84. The van der Waals surface area contributed by atoms with Crippen LogP contribution in [-0.2, 0) is 11.3 Å². The molecular formula is C17H25F2NO. The lowest BCUT2D eigenvalue weighted by Gasteiger charge is -2.40. The molecule has 0 aliphatic heterocycles. The van der Waals surface area contributed by atoms with E-state index in [0.717, 1.165) is 37.8 Å². The van der Waals surface area contributed by atoms with Gasteiger partial charge in [-0.3, -0.25) is 0 Å². The zero-order valence-corrected chi connectivity index (χ0v) is 12.9. The van der Waals surface area contributed by atoms with Crippen molar-refractivity contribution in [3.63, 3.8) is 0 Å². The number of hydrogen-bond acceptors (Lipinski definition) is 2. The van der Waals surface area contributed by atoms with E-state index in [1.807, 2.05) is 0 Å². The maximum atomic E-state index is 13.6. The van der Waals surface area contributed by atoms with E-state index < -0.39 is 11.6 Å². The van der Waals surface area contributed by atoms with Crippen LogP contribution in [0.3, 0.4) is 0 Å². The van der Waals surface area contributed by atoms with Gasteiger partial charge in [0.2, 0.25) is 0 Å². The Hall–Kier alpha value is -1.00. The number of nitrogens with two attached hydrogens (primary N) is 1. The lowest BCUT2D eigenvalue weighted by Crippen LogP contribution is -2.44. The van der Waals surface area contributed by atoms with Crippen LogP contribution in [0.2, 0.25) is 0 Å². The summed E-state index contributed by atoms with van der Waals surface area (Å²) >= 11 is 0. The first-order chi connectivity index (χ1) is 9.96. The SMILES string of the molecule is CC(C)C1CCC(CN)(OCc2cc(F)ccc2F)CC1. The molecular weight excluding hydrogens is 272 g/mol. The summed E-state index contributed by atoms with van der Waals surface area (Å²) in [5, 5.41) is 0. The first-order valence-electron chi connectivity index (χ1n) is 7.74. The molecule has 118 valence electrons. The second-order valence-corrected chi connectivity index (χ2v) is 6.49. The van der Waals surface area contributed by atoms with Crippen molar-refractivity contribution in [2.75, 3.05) is 6.54 Å². The zero-order valence-electron chi connectivity index (χ0n) is 12.9. The Morgan fingerprint density at radius 3 is 2.52 bits per heavy atom. The van der Waals surface area contributed by atoms with E-state index in [2.05, 4.69) is 13.8 Å². The van der Waals surface area contributed by atoms with Crippen LogP contribution in [0, 0.1) is 23.5 Å². The Bertz CT molecular complexity index is 468. The third-order valence-electron chi connectivity index (χ3n) is 4.80. The van der Waals surface area contributed by atoms with E-state index in [1.54, 1.807) is 0 Å². The highest BCUT2D eigenvalue weighted by atomic mass is 19.1. The molecule has 1 saturated carbocycles. The summed E-state index contributed by atoms with van der Waals surface area (Å²) < 4.78 is 32.8. The van der Waals surface area contributed by atoms with Crippen molar-refractivity contribution in [1.29, 1.82) is 0 Å². The Balaban J connectivity index is 1.98. The molecule has 4 heteroatoms. The van der Waals surface area contributed by atoms with Gasteiger partial charge in [-0.25, -0.2) is 8.78 Å². The number of ether oxygens (including phenoxy) is 1. The molecule has 1 aromatic carbocycles. The largest absolute Gasteiger partial charge is 0.369 e. The summed E-state index contributed by atoms with van der Waals surface area (Å²) in [4.78, 5) is 0. The van der Waals surface area contributed by atoms with Crippen molar-refractivity contribution < 1.29 is 13.5 Å². The molecule has 0 saturated heterocycles. The second-order valence-electron chi connectivity index (χ2n) is 6.49. The number of benzene rings is 1. The van der Waals surface area contributed by atoms with Gasteiger partial charge < -0.3 is 10.5 Å². The molecule has 0 amide bonds. The monoisotopic (exact) mass is 297 g/mol. The average molecular weight is 297 g/mol. The van der Waals surface area contributed by atoms with Crippen molar-refractivity contribution in [2.24, 2.45) is 17.6 Å². The van der Waals surface area contributed by atoms with Crippen LogP contribution < -0.4 is 5.73 Å². The average Bonchev–Trinajstić information content (AvgIpc) is 2.48. The molecule has 0 atom stereocenters. The molecule has 0 radical (unpaired) electrons. The molecule has 2 nitrogen and oxygen atoms in total. The van der Waals surface area contributed by atoms with Gasteiger partial charge in [0.15, 0.2) is 0 Å². The van der Waals surface area contributed by atoms with Gasteiger partial charge in [0.1, 0.15) is 11.6 Å². The standard InChI is InChI=1S/C17H25F2NO/c1-12(2)13-5-7-17(11-20,8-6-13)21-10-14-9-15(18)3-4-16(14)19/h3-4,9,12-13H,5-8,10-11,20H2,1-2H3. The predicted molar refractivity (Wildman–Crippen MR) is 79.7 cm³/mol. The molecule has 0 unspecified atom stereocenters. The molecule has 2 rings (SSSR count). The summed E-state index contributed by atoms with van der Waals surface area (Å²) in [7, 11) is 0. The molecule has 0 spiro atoms. The Morgan fingerprint density at radius 2 is 1.95 bits per heavy atom. The number of halogens is 2. The third-order valence-corrected chi connectivity index (χ3v) is 4.80. The minimum absolute atomic E-state index is 0.0765. The van der Waals surface area contributed by atoms with Crippen LogP contribution in [0.15, 0.2) is 18.2 Å². The molecule has 21 heavy (non-hydrogen) atoms. The van der Waals surface area contributed by atoms with Crippen molar-refractivity contribution in [2.45, 2.75) is 51.7 Å². The van der Waals surface area contributed by atoms with E-state index in [4.69, 9.17) is 10.5 Å². The van der Waals surface area contributed by atoms with Crippen molar-refractivity contribution >= 4 is 0 Å². The maximum Gasteiger partial charge on any atom is 0.128 e. The molecule has 2 N–H and O–H groups in total. The van der Waals surface area contributed by atoms with Crippen LogP contribution in [0.4, 0.5) is 8.78 Å². The highest BCUT2D eigenvalue weighted by Gasteiger charge is 2.36. The van der Waals surface area contributed by atoms with Crippen molar-refractivity contribution in [3.05, 3.63) is 35.4 Å². The maximum absolute atomic E-state index is 13.6. The fourth-order valence-electron chi connectivity index (χ4n) is 3.13. The minimum Gasteiger partial charge on any atom is -0.369 e. The van der Waals surface area contributed by atoms with Crippen LogP contribution in [-0.4, -0.2) is 12.1 Å². The number of rotatable bonds is 5. The first-order valence-corrected chi connectivity index (χ1v) is 7.74. The molecule has 0 bridgehead atoms. The normalized spacial score (nSPS) is 26.3. The highest BCUT2D eigenvalue weighted by Crippen LogP contribution is 2.38. The molecule has 0 heterocycles. The zero-order chi connectivity index (χ0) is 15.5. The van der Waals surface area contributed by atoms with Gasteiger partial charge in [0.05, 0.1) is 12.2 Å². The van der Waals surface area contributed by atoms with E-state index in [9.17, 15) is 8.78 Å². The summed E-state index contributed by atoms with van der Waals surface area (Å²) in [6, 6.07) is 3.45. The van der Waals surface area contributed by atoms with Gasteiger partial charge in [-0.05, 0) is 55.7 Å². The van der Waals surface area contributed by atoms with Gasteiger partial charge in [-0.1, -0.05) is 13.8 Å². The lowest BCUT2D eigenvalue weighted by atomic mass is 9.74. The molecule has 0 aromatic heterocycles. The van der Waals surface area contributed by atoms with E-state index in [0.29, 0.717) is 18.4 Å². The fraction of sp³-hybridized carbons (Fsp3) is 0.647. The lowest BCUT2D eigenvalue weighted by molar-refractivity contribution is -0.0848. The summed E-state index contributed by atoms with van der Waals surface area (Å²) in [5.41, 5.74) is 5.77. The molecule has 1 fully saturated rings. The molecule has 1 aromatic rings. The molecule has 1 aliphatic rings. The van der Waals surface area contributed by atoms with Gasteiger partial charge in [-0.15, -0.1) is 0 Å². The number of hydrogen-bond donors (Lipinski definition) is 1. The highest BCUT2D eigenvalue weighted by molar-refractivity contribution is 5.18. The van der Waals surface area contributed by atoms with Crippen LogP contribution in [0.1, 0.15) is 45.1 Å². The molecule has 1 aliphatic carbocycles. The Labute approximate surface area is 125 Å². The van der Waals surface area contributed by atoms with Crippen molar-refractivity contribution in [3.8, 4) is 0 Å². The van der Waals surface area contributed by atoms with E-state index in [-0.39, 0.29) is 17.8 Å². The van der Waals surface area contributed by atoms with Crippen LogP contribution in [0.25, 0.3) is 0 Å². The summed E-state index contributed by atoms with van der Waals surface area (Å²) in [5.74, 6) is 0.500. The van der Waals surface area contributed by atoms with Gasteiger partial charge in [0.25, 0.3) is 0 Å². The van der Waals surface area contributed by atoms with Gasteiger partial charge in [0, 0.05) is 12.1 Å². The van der Waals surface area contributed by atoms with Crippen LogP contribution >= 0.6 is 0 Å². The van der Waals surface area contributed by atoms with E-state index in [1.165, 1.54) is 6.07 Å². The van der Waals surface area contributed by atoms with Crippen LogP contribution in [0.5, 0.6) is 0 Å². The topological polar surface area (TPSA) is 35.2 Å². The minimum atomic E-state index is -0.444. The Kier molecular flexibility index (Phi) is 5.33. The predicted octanol–water partition coefficient (Wildman–Crippen LogP) is 4.03. The van der Waals surface area contributed by atoms with E-state index >= 15 is 0 Å². The van der Waals surface area contributed by atoms with Crippen molar-refractivity contribution in [1.82, 2.24) is 0 Å². The fourth-order valence-corrected chi connectivity index (χ4v) is 3.13. The quantitative estimate of drug-likeness (QED) is 0.890. The Morgan fingerprint density at radius 1 is 1.29 bits per heavy atom. The van der Waals surface area contributed by atoms with Gasteiger partial charge in [-0.2, -0.15) is 0 Å².